The molecule has 0 saturated carbocycles. The highest BCUT2D eigenvalue weighted by atomic mass is 16.6. The number of rotatable bonds is 37. The van der Waals surface area contributed by atoms with E-state index in [-0.39, 0.29) is 12.6 Å². The van der Waals surface area contributed by atoms with Crippen molar-refractivity contribution in [1.29, 1.82) is 0 Å². The summed E-state index contributed by atoms with van der Waals surface area (Å²) in [5, 5.41) is 0. The van der Waals surface area contributed by atoms with Crippen molar-refractivity contribution in [3.63, 3.8) is 0 Å². The number of unbranched alkanes of at least 4 members (excludes halogenated alkanes) is 3. The average molecular weight is 611 g/mol. The molecule has 0 aliphatic heterocycles. The first kappa shape index (κ1) is 40.8. The minimum Gasteiger partial charge on any atom is -0.463 e. The molecular weight excluding hydrogens is 552 g/mol. The highest BCUT2D eigenvalue weighted by Crippen LogP contribution is 2.03. The van der Waals surface area contributed by atoms with Crippen LogP contribution in [0.3, 0.4) is 0 Å². The molecule has 0 spiro atoms. The molecule has 0 amide bonds. The maximum absolute atomic E-state index is 11.5. The Morgan fingerprint density at radius 3 is 1.07 bits per heavy atom. The Bertz CT molecular complexity index is 538. The summed E-state index contributed by atoms with van der Waals surface area (Å²) in [6.07, 6.45) is 6.47. The Labute approximate surface area is 253 Å². The predicted octanol–water partition coefficient (Wildman–Crippen LogP) is 2.85. The third-order valence-electron chi connectivity index (χ3n) is 5.31. The number of hydrogen-bond acceptors (Lipinski definition) is 12. The van der Waals surface area contributed by atoms with Crippen LogP contribution in [0.5, 0.6) is 0 Å². The van der Waals surface area contributed by atoms with Crippen molar-refractivity contribution in [1.82, 2.24) is 0 Å². The molecule has 0 aromatic rings. The fourth-order valence-corrected chi connectivity index (χ4v) is 3.13. The molecule has 250 valence electrons. The average Bonchev–Trinajstić information content (AvgIpc) is 3.00. The van der Waals surface area contributed by atoms with Crippen LogP contribution in [0, 0.1) is 0 Å². The van der Waals surface area contributed by atoms with Gasteiger partial charge in [-0.15, -0.1) is 6.58 Å². The molecule has 12 nitrogen and oxygen atoms in total. The lowest BCUT2D eigenvalue weighted by Crippen LogP contribution is -2.15. The Morgan fingerprint density at radius 1 is 0.452 bits per heavy atom. The quantitative estimate of drug-likeness (QED) is 0.0585. The van der Waals surface area contributed by atoms with E-state index < -0.39 is 0 Å². The summed E-state index contributed by atoms with van der Waals surface area (Å²) in [6.45, 7) is 16.1. The number of carbonyl (C=O) groups excluding carboxylic acids is 1. The van der Waals surface area contributed by atoms with Gasteiger partial charge >= 0.3 is 5.97 Å². The number of esters is 1. The molecular formula is C30H58O12. The molecule has 0 aliphatic rings. The lowest BCUT2D eigenvalue weighted by Gasteiger charge is -2.09. The van der Waals surface area contributed by atoms with Crippen LogP contribution in [-0.4, -0.2) is 145 Å². The molecule has 0 fully saturated rings. The molecule has 0 N–H and O–H groups in total. The van der Waals surface area contributed by atoms with Gasteiger partial charge in [0.25, 0.3) is 0 Å². The monoisotopic (exact) mass is 610 g/mol. The zero-order valence-corrected chi connectivity index (χ0v) is 26.1. The molecule has 0 bridgehead atoms. The molecule has 0 radical (unpaired) electrons. The van der Waals surface area contributed by atoms with Crippen LogP contribution in [0.2, 0.25) is 0 Å². The van der Waals surface area contributed by atoms with E-state index in [0.29, 0.717) is 139 Å². The Hall–Kier alpha value is -1.19. The van der Waals surface area contributed by atoms with E-state index in [1.807, 2.05) is 0 Å². The standard InChI is InChI=1S/C30H58O12/c1-3-5-6-7-8-30(31)42-29-28-41-27-26-40-25-24-39-23-22-38-21-20-37-19-18-36-17-16-35-15-14-34-13-12-33-11-10-32-9-4-2/h4H,2-3,5-29H2,1H3. The maximum Gasteiger partial charge on any atom is 0.305 e. The van der Waals surface area contributed by atoms with E-state index in [0.717, 1.165) is 25.7 Å². The summed E-state index contributed by atoms with van der Waals surface area (Å²) in [5.74, 6) is -0.151. The minimum absolute atomic E-state index is 0.151. The number of hydrogen-bond donors (Lipinski definition) is 0. The maximum atomic E-state index is 11.5. The Kier molecular flexibility index (Phi) is 36.8. The largest absolute Gasteiger partial charge is 0.463 e. The van der Waals surface area contributed by atoms with Crippen LogP contribution in [-0.2, 0) is 56.9 Å². The fraction of sp³-hybridized carbons (Fsp3) is 0.900. The first-order valence-electron chi connectivity index (χ1n) is 15.3. The third-order valence-corrected chi connectivity index (χ3v) is 5.31. The molecule has 0 heterocycles. The summed E-state index contributed by atoms with van der Waals surface area (Å²) < 4.78 is 59.2. The topological polar surface area (TPSA) is 119 Å². The van der Waals surface area contributed by atoms with Crippen LogP contribution < -0.4 is 0 Å². The Morgan fingerprint density at radius 2 is 0.762 bits per heavy atom. The van der Waals surface area contributed by atoms with Crippen LogP contribution in [0.25, 0.3) is 0 Å². The van der Waals surface area contributed by atoms with Crippen molar-refractivity contribution in [2.45, 2.75) is 39.0 Å². The zero-order chi connectivity index (χ0) is 30.4. The van der Waals surface area contributed by atoms with Gasteiger partial charge in [0.05, 0.1) is 132 Å². The van der Waals surface area contributed by atoms with Gasteiger partial charge in [-0.3, -0.25) is 4.79 Å². The van der Waals surface area contributed by atoms with E-state index in [2.05, 4.69) is 13.5 Å². The van der Waals surface area contributed by atoms with Crippen molar-refractivity contribution in [3.05, 3.63) is 12.7 Å². The molecule has 0 aromatic carbocycles. The van der Waals surface area contributed by atoms with Crippen molar-refractivity contribution in [2.75, 3.05) is 139 Å². The lowest BCUT2D eigenvalue weighted by molar-refractivity contribution is -0.145. The SMILES string of the molecule is C=CCOCCOCCOCCOCCOCCOCCOCCOCCOCCOCCOC(=O)CCCCCC. The number of carbonyl (C=O) groups is 1. The van der Waals surface area contributed by atoms with E-state index in [9.17, 15) is 4.79 Å². The van der Waals surface area contributed by atoms with Crippen LogP contribution >= 0.6 is 0 Å². The first-order chi connectivity index (χ1) is 20.8. The van der Waals surface area contributed by atoms with Crippen molar-refractivity contribution >= 4 is 5.97 Å². The summed E-state index contributed by atoms with van der Waals surface area (Å²) >= 11 is 0. The lowest BCUT2D eigenvalue weighted by atomic mass is 10.2. The highest BCUT2D eigenvalue weighted by molar-refractivity contribution is 5.69. The third kappa shape index (κ3) is 36.8. The van der Waals surface area contributed by atoms with Gasteiger partial charge in [0.2, 0.25) is 0 Å². The molecule has 12 heteroatoms. The first-order valence-corrected chi connectivity index (χ1v) is 15.3. The molecule has 0 atom stereocenters. The van der Waals surface area contributed by atoms with Gasteiger partial charge in [0.1, 0.15) is 6.61 Å². The highest BCUT2D eigenvalue weighted by Gasteiger charge is 2.02. The van der Waals surface area contributed by atoms with Gasteiger partial charge in [-0.25, -0.2) is 0 Å². The fourth-order valence-electron chi connectivity index (χ4n) is 3.13. The summed E-state index contributed by atoms with van der Waals surface area (Å²) in [5.41, 5.74) is 0. The van der Waals surface area contributed by atoms with Gasteiger partial charge in [-0.2, -0.15) is 0 Å². The van der Waals surface area contributed by atoms with Crippen molar-refractivity contribution in [2.24, 2.45) is 0 Å². The van der Waals surface area contributed by atoms with Gasteiger partial charge in [0.15, 0.2) is 0 Å². The van der Waals surface area contributed by atoms with Crippen LogP contribution in [0.4, 0.5) is 0 Å². The molecule has 0 rings (SSSR count). The second kappa shape index (κ2) is 37.8. The van der Waals surface area contributed by atoms with Gasteiger partial charge in [0, 0.05) is 6.42 Å². The Balaban J connectivity index is 3.07. The molecule has 0 aliphatic carbocycles. The van der Waals surface area contributed by atoms with Gasteiger partial charge in [-0.05, 0) is 6.42 Å². The van der Waals surface area contributed by atoms with E-state index in [1.54, 1.807) is 6.08 Å². The molecule has 0 saturated heterocycles. The summed E-state index contributed by atoms with van der Waals surface area (Å²) in [7, 11) is 0. The zero-order valence-electron chi connectivity index (χ0n) is 26.1. The van der Waals surface area contributed by atoms with Crippen LogP contribution in [0.1, 0.15) is 39.0 Å². The number of ether oxygens (including phenoxy) is 11. The van der Waals surface area contributed by atoms with Crippen molar-refractivity contribution < 1.29 is 56.9 Å². The summed E-state index contributed by atoms with van der Waals surface area (Å²) in [6, 6.07) is 0. The molecule has 0 unspecified atom stereocenters. The van der Waals surface area contributed by atoms with E-state index in [4.69, 9.17) is 52.1 Å². The minimum atomic E-state index is -0.151. The van der Waals surface area contributed by atoms with Gasteiger partial charge in [-0.1, -0.05) is 32.3 Å². The second-order valence-corrected chi connectivity index (χ2v) is 8.91. The normalized spacial score (nSPS) is 11.3. The predicted molar refractivity (Wildman–Crippen MR) is 158 cm³/mol. The van der Waals surface area contributed by atoms with E-state index in [1.165, 1.54) is 0 Å². The van der Waals surface area contributed by atoms with Crippen LogP contribution in [0.15, 0.2) is 12.7 Å². The summed E-state index contributed by atoms with van der Waals surface area (Å²) in [4.78, 5) is 11.5. The molecule has 42 heavy (non-hydrogen) atoms. The molecule has 0 aromatic heterocycles. The smallest absolute Gasteiger partial charge is 0.305 e. The van der Waals surface area contributed by atoms with E-state index >= 15 is 0 Å². The second-order valence-electron chi connectivity index (χ2n) is 8.91. The van der Waals surface area contributed by atoms with Crippen molar-refractivity contribution in [3.8, 4) is 0 Å². The van der Waals surface area contributed by atoms with Gasteiger partial charge < -0.3 is 52.1 Å².